The molecule has 0 rings (SSSR count). The van der Waals surface area contributed by atoms with Crippen molar-refractivity contribution in [2.24, 2.45) is 0 Å². The molecule has 0 heterocycles. The van der Waals surface area contributed by atoms with Gasteiger partial charge in [-0.1, -0.05) is 132 Å². The zero-order valence-corrected chi connectivity index (χ0v) is 32.8. The second-order valence-corrected chi connectivity index (χ2v) is 13.8. The molecule has 0 bridgehead atoms. The van der Waals surface area contributed by atoms with Gasteiger partial charge in [0.25, 0.3) is 0 Å². The summed E-state index contributed by atoms with van der Waals surface area (Å²) >= 11 is 0. The Hall–Kier alpha value is -3.23. The van der Waals surface area contributed by atoms with Crippen molar-refractivity contribution in [3.63, 3.8) is 0 Å². The maximum Gasteiger partial charge on any atom is 0.362 e. The van der Waals surface area contributed by atoms with Gasteiger partial charge in [0, 0.05) is 19.3 Å². The van der Waals surface area contributed by atoms with Crippen LogP contribution < -0.4 is 0 Å². The number of hydrogen-bond acceptors (Lipinski definition) is 6. The summed E-state index contributed by atoms with van der Waals surface area (Å²) in [4.78, 5) is 36.7. The van der Waals surface area contributed by atoms with E-state index in [-0.39, 0.29) is 36.7 Å². The highest BCUT2D eigenvalue weighted by atomic mass is 16.6. The summed E-state index contributed by atoms with van der Waals surface area (Å²) in [5.74, 6) is -1.59. The van der Waals surface area contributed by atoms with E-state index in [2.05, 4.69) is 74.6 Å². The zero-order chi connectivity index (χ0) is 37.8. The molecular weight excluding hydrogens is 642 g/mol. The van der Waals surface area contributed by atoms with Crippen LogP contribution in [0.3, 0.4) is 0 Å². The van der Waals surface area contributed by atoms with Gasteiger partial charge in [-0.3, -0.25) is 9.59 Å². The topological polar surface area (TPSA) is 99.1 Å². The molecule has 0 aliphatic rings. The maximum absolute atomic E-state index is 12.6. The largest absolute Gasteiger partial charge is 0.477 e. The number of ether oxygens (including phenoxy) is 3. The number of rotatable bonds is 33. The Morgan fingerprint density at radius 2 is 1.10 bits per heavy atom. The molecule has 0 saturated heterocycles. The number of hydrogen-bond donors (Lipinski definition) is 1. The third-order valence-electron chi connectivity index (χ3n) is 8.13. The van der Waals surface area contributed by atoms with Crippen molar-refractivity contribution < 1.29 is 38.2 Å². The van der Waals surface area contributed by atoms with Crippen molar-refractivity contribution in [1.82, 2.24) is 0 Å². The van der Waals surface area contributed by atoms with Gasteiger partial charge < -0.3 is 23.8 Å². The summed E-state index contributed by atoms with van der Waals surface area (Å²) in [7, 11) is 5.48. The first-order valence-electron chi connectivity index (χ1n) is 19.5. The van der Waals surface area contributed by atoms with Gasteiger partial charge in [-0.2, -0.15) is 0 Å². The molecule has 0 aromatic heterocycles. The normalized spacial score (nSPS) is 13.8. The van der Waals surface area contributed by atoms with E-state index >= 15 is 0 Å². The summed E-state index contributed by atoms with van der Waals surface area (Å²) in [6.45, 7) is 4.48. The third kappa shape index (κ3) is 32.4. The lowest BCUT2D eigenvalue weighted by molar-refractivity contribution is -0.887. The van der Waals surface area contributed by atoms with Crippen LogP contribution in [-0.2, 0) is 28.6 Å². The molecule has 290 valence electrons. The number of aliphatic carboxylic acids is 1. The Morgan fingerprint density at radius 3 is 1.59 bits per heavy atom. The predicted molar refractivity (Wildman–Crippen MR) is 210 cm³/mol. The van der Waals surface area contributed by atoms with Crippen molar-refractivity contribution in [1.29, 1.82) is 0 Å². The van der Waals surface area contributed by atoms with Crippen molar-refractivity contribution in [3.05, 3.63) is 72.9 Å². The lowest BCUT2D eigenvalue weighted by Gasteiger charge is -2.31. The minimum Gasteiger partial charge on any atom is -0.477 e. The predicted octanol–water partition coefficient (Wildman–Crippen LogP) is 10.0. The Labute approximate surface area is 311 Å². The molecule has 0 spiro atoms. The number of likely N-dealkylation sites (N-methyl/N-ethyl adjacent to an activating group) is 1. The fourth-order valence-electron chi connectivity index (χ4n) is 5.11. The van der Waals surface area contributed by atoms with Crippen molar-refractivity contribution in [2.75, 3.05) is 41.0 Å². The van der Waals surface area contributed by atoms with Crippen LogP contribution in [0.5, 0.6) is 0 Å². The average Bonchev–Trinajstić information content (AvgIpc) is 3.08. The molecule has 0 radical (unpaired) electrons. The number of unbranched alkanes of at least 4 members (excludes halogenated alkanes) is 7. The fraction of sp³-hybridized carbons (Fsp3) is 0.651. The van der Waals surface area contributed by atoms with E-state index in [0.29, 0.717) is 19.3 Å². The van der Waals surface area contributed by atoms with Crippen molar-refractivity contribution >= 4 is 17.9 Å². The first-order chi connectivity index (χ1) is 24.6. The number of quaternary nitrogens is 1. The molecular formula is C43H72NO7+. The zero-order valence-electron chi connectivity index (χ0n) is 32.8. The summed E-state index contributed by atoms with van der Waals surface area (Å²) in [6.07, 6.45) is 41.1. The van der Waals surface area contributed by atoms with Crippen LogP contribution in [0.15, 0.2) is 72.9 Å². The standard InChI is InChI=1S/C43H71NO7/c1-6-8-10-12-14-16-17-18-19-20-21-22-23-24-25-26-28-30-32-34-42(46)51-39(37-49-36-35-40(43(47)48)44(3,4)5)38-50-41(45)33-31-29-27-15-13-11-9-7-2/h8,10,14,16,18-19,21-22,24-25,28,30,39-40H,6-7,9,11-13,15,17,20,23,26-27,29,31-38H2,1-5H3/p+1/b10-8-,16-14-,19-18-,22-21-,25-24-,30-28-. The van der Waals surface area contributed by atoms with E-state index in [0.717, 1.165) is 57.8 Å². The Bertz CT molecular complexity index is 1060. The quantitative estimate of drug-likeness (QED) is 0.0313. The first-order valence-corrected chi connectivity index (χ1v) is 19.5. The molecule has 0 aromatic rings. The van der Waals surface area contributed by atoms with Gasteiger partial charge in [-0.25, -0.2) is 4.79 Å². The second-order valence-electron chi connectivity index (χ2n) is 13.8. The van der Waals surface area contributed by atoms with Gasteiger partial charge >= 0.3 is 17.9 Å². The third-order valence-corrected chi connectivity index (χ3v) is 8.13. The fourth-order valence-corrected chi connectivity index (χ4v) is 5.11. The highest BCUT2D eigenvalue weighted by Crippen LogP contribution is 2.12. The van der Waals surface area contributed by atoms with E-state index in [4.69, 9.17) is 14.2 Å². The molecule has 0 fully saturated rings. The van der Waals surface area contributed by atoms with Gasteiger partial charge in [-0.05, 0) is 51.4 Å². The summed E-state index contributed by atoms with van der Waals surface area (Å²) < 4.78 is 17.1. The minimum absolute atomic E-state index is 0.0279. The number of nitrogens with zero attached hydrogens (tertiary/aromatic N) is 1. The summed E-state index contributed by atoms with van der Waals surface area (Å²) in [5, 5.41) is 9.57. The minimum atomic E-state index is -0.890. The molecule has 0 aromatic carbocycles. The molecule has 2 atom stereocenters. The maximum atomic E-state index is 12.6. The monoisotopic (exact) mass is 715 g/mol. The van der Waals surface area contributed by atoms with Crippen LogP contribution in [0.25, 0.3) is 0 Å². The molecule has 0 amide bonds. The highest BCUT2D eigenvalue weighted by Gasteiger charge is 2.31. The number of carboxylic acid groups (broad SMARTS) is 1. The van der Waals surface area contributed by atoms with E-state index in [1.165, 1.54) is 32.1 Å². The van der Waals surface area contributed by atoms with Crippen LogP contribution in [0.1, 0.15) is 129 Å². The molecule has 0 saturated carbocycles. The van der Waals surface area contributed by atoms with Gasteiger partial charge in [0.1, 0.15) is 6.61 Å². The van der Waals surface area contributed by atoms with Crippen LogP contribution in [0.4, 0.5) is 0 Å². The van der Waals surface area contributed by atoms with Crippen molar-refractivity contribution in [3.8, 4) is 0 Å². The number of esters is 2. The molecule has 8 nitrogen and oxygen atoms in total. The number of carbonyl (C=O) groups excluding carboxylic acids is 2. The number of allylic oxidation sites excluding steroid dienone is 12. The number of carbonyl (C=O) groups is 3. The van der Waals surface area contributed by atoms with Gasteiger partial charge in [0.15, 0.2) is 12.1 Å². The summed E-state index contributed by atoms with van der Waals surface area (Å²) in [5.41, 5.74) is 0. The lowest BCUT2D eigenvalue weighted by atomic mass is 10.1. The van der Waals surface area contributed by atoms with Gasteiger partial charge in [0.2, 0.25) is 0 Å². The molecule has 2 unspecified atom stereocenters. The van der Waals surface area contributed by atoms with Gasteiger partial charge in [0.05, 0.1) is 34.4 Å². The van der Waals surface area contributed by atoms with Crippen LogP contribution >= 0.6 is 0 Å². The first kappa shape index (κ1) is 47.8. The van der Waals surface area contributed by atoms with E-state index in [1.807, 2.05) is 33.3 Å². The molecule has 0 aliphatic carbocycles. The van der Waals surface area contributed by atoms with E-state index < -0.39 is 24.1 Å². The molecule has 1 N–H and O–H groups in total. The average molecular weight is 715 g/mol. The van der Waals surface area contributed by atoms with Crippen LogP contribution in [-0.4, -0.2) is 80.6 Å². The lowest BCUT2D eigenvalue weighted by Crippen LogP contribution is -2.50. The van der Waals surface area contributed by atoms with Crippen molar-refractivity contribution in [2.45, 2.75) is 142 Å². The molecule has 0 aliphatic heterocycles. The smallest absolute Gasteiger partial charge is 0.362 e. The Balaban J connectivity index is 4.53. The van der Waals surface area contributed by atoms with Gasteiger partial charge in [-0.15, -0.1) is 0 Å². The molecule has 51 heavy (non-hydrogen) atoms. The number of carboxylic acids is 1. The summed E-state index contributed by atoms with van der Waals surface area (Å²) in [6, 6.07) is -0.628. The second kappa shape index (κ2) is 33.9. The van der Waals surface area contributed by atoms with Crippen LogP contribution in [0.2, 0.25) is 0 Å². The Morgan fingerprint density at radius 1 is 0.608 bits per heavy atom. The SMILES string of the molecule is CC/C=C\C/C=C\C/C=C\C/C=C\C/C=C\C/C=C\CCC(=O)OC(COCCC(C(=O)O)[N+](C)(C)C)COC(=O)CCCCCCCCCC. The van der Waals surface area contributed by atoms with E-state index in [9.17, 15) is 19.5 Å². The van der Waals surface area contributed by atoms with Crippen LogP contribution in [0, 0.1) is 0 Å². The van der Waals surface area contributed by atoms with E-state index in [1.54, 1.807) is 0 Å². The molecule has 8 heteroatoms. The Kier molecular flexibility index (Phi) is 31.7. The highest BCUT2D eigenvalue weighted by molar-refractivity contribution is 5.72.